The third-order valence-electron chi connectivity index (χ3n) is 3.97. The lowest BCUT2D eigenvalue weighted by Crippen LogP contribution is -2.40. The Morgan fingerprint density at radius 2 is 1.90 bits per heavy atom. The molecule has 1 aromatic carbocycles. The fourth-order valence-corrected chi connectivity index (χ4v) is 3.13. The molecule has 2 aromatic rings. The van der Waals surface area contributed by atoms with E-state index in [0.29, 0.717) is 16.7 Å². The van der Waals surface area contributed by atoms with Crippen LogP contribution in [0, 0.1) is 5.82 Å². The number of fused-ring (bicyclic) bond motifs is 1. The van der Waals surface area contributed by atoms with Crippen molar-refractivity contribution in [3.05, 3.63) is 34.2 Å². The molecule has 0 aliphatic heterocycles. The minimum absolute atomic E-state index is 0.158. The molecule has 0 aliphatic rings. The minimum Gasteiger partial charge on any atom is -0.457 e. The van der Waals surface area contributed by atoms with Crippen molar-refractivity contribution in [3.63, 3.8) is 0 Å². The maximum atomic E-state index is 13.3. The number of hydrogen-bond acceptors (Lipinski definition) is 2. The molecule has 0 fully saturated rings. The summed E-state index contributed by atoms with van der Waals surface area (Å²) in [6.45, 7) is 11.4. The van der Waals surface area contributed by atoms with E-state index in [1.807, 2.05) is 6.07 Å². The maximum Gasteiger partial charge on any atom is 0.192 e. The Morgan fingerprint density at radius 1 is 1.25 bits per heavy atom. The summed E-state index contributed by atoms with van der Waals surface area (Å²) in [4.78, 5) is 0. The van der Waals surface area contributed by atoms with Crippen LogP contribution >= 0.6 is 15.9 Å². The molecule has 5 heteroatoms. The van der Waals surface area contributed by atoms with E-state index in [-0.39, 0.29) is 10.9 Å². The number of rotatable bonds is 3. The van der Waals surface area contributed by atoms with Crippen LogP contribution in [0.3, 0.4) is 0 Å². The van der Waals surface area contributed by atoms with Crippen molar-refractivity contribution >= 4 is 35.2 Å². The second kappa shape index (κ2) is 5.28. The first-order valence-electron chi connectivity index (χ1n) is 6.61. The summed E-state index contributed by atoms with van der Waals surface area (Å²) in [7, 11) is -1.81. The first-order chi connectivity index (χ1) is 9.10. The molecule has 1 heterocycles. The second-order valence-electron chi connectivity index (χ2n) is 6.57. The van der Waals surface area contributed by atoms with E-state index in [9.17, 15) is 4.39 Å². The smallest absolute Gasteiger partial charge is 0.192 e. The van der Waals surface area contributed by atoms with Gasteiger partial charge in [0.1, 0.15) is 17.2 Å². The summed E-state index contributed by atoms with van der Waals surface area (Å²) < 4.78 is 25.8. The second-order valence-corrected chi connectivity index (χ2v) is 12.2. The van der Waals surface area contributed by atoms with Crippen LogP contribution in [0.4, 0.5) is 4.39 Å². The van der Waals surface area contributed by atoms with E-state index in [4.69, 9.17) is 8.84 Å². The monoisotopic (exact) mass is 358 g/mol. The zero-order valence-electron chi connectivity index (χ0n) is 12.5. The van der Waals surface area contributed by atoms with Gasteiger partial charge < -0.3 is 8.84 Å². The summed E-state index contributed by atoms with van der Waals surface area (Å²) in [5.74, 6) is 0.457. The van der Waals surface area contributed by atoms with Crippen molar-refractivity contribution in [2.75, 3.05) is 0 Å². The van der Waals surface area contributed by atoms with Crippen LogP contribution in [0.1, 0.15) is 26.5 Å². The Balaban J connectivity index is 2.21. The molecule has 0 amide bonds. The SMILES string of the molecule is CC(C)(C)[Si](C)(C)OCc1cc2cc(F)cc(Br)c2o1. The van der Waals surface area contributed by atoms with Gasteiger partial charge in [0, 0.05) is 5.39 Å². The third kappa shape index (κ3) is 3.15. The molecule has 0 spiro atoms. The lowest BCUT2D eigenvalue weighted by molar-refractivity contribution is 0.249. The normalized spacial score (nSPS) is 13.2. The van der Waals surface area contributed by atoms with Crippen LogP contribution in [0.5, 0.6) is 0 Å². The van der Waals surface area contributed by atoms with Gasteiger partial charge in [-0.25, -0.2) is 4.39 Å². The molecule has 20 heavy (non-hydrogen) atoms. The van der Waals surface area contributed by atoms with Gasteiger partial charge in [-0.3, -0.25) is 0 Å². The molecule has 0 saturated carbocycles. The van der Waals surface area contributed by atoms with Gasteiger partial charge in [0.2, 0.25) is 0 Å². The lowest BCUT2D eigenvalue weighted by Gasteiger charge is -2.35. The summed E-state index contributed by atoms with van der Waals surface area (Å²) in [6, 6.07) is 4.72. The van der Waals surface area contributed by atoms with Crippen molar-refractivity contribution in [2.24, 2.45) is 0 Å². The Bertz CT molecular complexity index is 629. The van der Waals surface area contributed by atoms with E-state index >= 15 is 0 Å². The number of furan rings is 1. The van der Waals surface area contributed by atoms with E-state index in [0.717, 1.165) is 11.1 Å². The highest BCUT2D eigenvalue weighted by atomic mass is 79.9. The Kier molecular flexibility index (Phi) is 4.15. The Labute approximate surface area is 128 Å². The summed E-state index contributed by atoms with van der Waals surface area (Å²) in [5, 5.41) is 0.914. The molecular formula is C15H20BrFO2Si. The molecular weight excluding hydrogens is 339 g/mol. The molecule has 2 nitrogen and oxygen atoms in total. The molecule has 110 valence electrons. The molecule has 2 rings (SSSR count). The molecule has 0 bridgehead atoms. The predicted octanol–water partition coefficient (Wildman–Crippen LogP) is 5.86. The highest BCUT2D eigenvalue weighted by Crippen LogP contribution is 2.37. The first kappa shape index (κ1) is 15.7. The topological polar surface area (TPSA) is 22.4 Å². The van der Waals surface area contributed by atoms with Crippen LogP contribution < -0.4 is 0 Å². The summed E-state index contributed by atoms with van der Waals surface area (Å²) in [5.41, 5.74) is 0.667. The van der Waals surface area contributed by atoms with Crippen LogP contribution in [-0.2, 0) is 11.0 Å². The molecule has 0 aliphatic carbocycles. The molecule has 0 radical (unpaired) electrons. The van der Waals surface area contributed by atoms with Gasteiger partial charge in [-0.05, 0) is 52.3 Å². The zero-order chi connectivity index (χ0) is 15.1. The molecule has 0 atom stereocenters. The molecule has 0 N–H and O–H groups in total. The van der Waals surface area contributed by atoms with Crippen LogP contribution in [0.25, 0.3) is 11.0 Å². The van der Waals surface area contributed by atoms with Gasteiger partial charge in [-0.2, -0.15) is 0 Å². The minimum atomic E-state index is -1.81. The van der Waals surface area contributed by atoms with Crippen molar-refractivity contribution in [1.29, 1.82) is 0 Å². The lowest BCUT2D eigenvalue weighted by atomic mass is 10.2. The van der Waals surface area contributed by atoms with Gasteiger partial charge in [0.25, 0.3) is 0 Å². The molecule has 0 saturated heterocycles. The van der Waals surface area contributed by atoms with Crippen molar-refractivity contribution in [2.45, 2.75) is 45.5 Å². The van der Waals surface area contributed by atoms with Gasteiger partial charge in [0.05, 0.1) is 11.1 Å². The van der Waals surface area contributed by atoms with E-state index in [2.05, 4.69) is 49.8 Å². The van der Waals surface area contributed by atoms with Crippen molar-refractivity contribution in [3.8, 4) is 0 Å². The average molecular weight is 359 g/mol. The average Bonchev–Trinajstić information content (AvgIpc) is 2.68. The first-order valence-corrected chi connectivity index (χ1v) is 10.3. The highest BCUT2D eigenvalue weighted by molar-refractivity contribution is 9.10. The van der Waals surface area contributed by atoms with Gasteiger partial charge in [0.15, 0.2) is 8.32 Å². The Hall–Kier alpha value is -0.653. The number of benzene rings is 1. The fourth-order valence-electron chi connectivity index (χ4n) is 1.67. The summed E-state index contributed by atoms with van der Waals surface area (Å²) in [6.07, 6.45) is 0. The predicted molar refractivity (Wildman–Crippen MR) is 85.9 cm³/mol. The quantitative estimate of drug-likeness (QED) is 0.641. The fraction of sp³-hybridized carbons (Fsp3) is 0.467. The molecule has 0 unspecified atom stereocenters. The standard InChI is InChI=1S/C15H20BrFO2Si/c1-15(2,3)20(4,5)18-9-12-7-10-6-11(17)8-13(16)14(10)19-12/h6-8H,9H2,1-5H3. The molecule has 1 aromatic heterocycles. The highest BCUT2D eigenvalue weighted by Gasteiger charge is 2.37. The van der Waals surface area contributed by atoms with E-state index in [1.165, 1.54) is 12.1 Å². The van der Waals surface area contributed by atoms with Gasteiger partial charge in [-0.15, -0.1) is 0 Å². The van der Waals surface area contributed by atoms with Crippen molar-refractivity contribution in [1.82, 2.24) is 0 Å². The van der Waals surface area contributed by atoms with E-state index in [1.54, 1.807) is 0 Å². The van der Waals surface area contributed by atoms with Gasteiger partial charge >= 0.3 is 0 Å². The largest absolute Gasteiger partial charge is 0.457 e. The van der Waals surface area contributed by atoms with Crippen LogP contribution in [0.2, 0.25) is 18.1 Å². The van der Waals surface area contributed by atoms with Gasteiger partial charge in [-0.1, -0.05) is 20.8 Å². The summed E-state index contributed by atoms with van der Waals surface area (Å²) >= 11 is 3.32. The maximum absolute atomic E-state index is 13.3. The van der Waals surface area contributed by atoms with Crippen molar-refractivity contribution < 1.29 is 13.2 Å². The zero-order valence-corrected chi connectivity index (χ0v) is 15.1. The van der Waals surface area contributed by atoms with Crippen LogP contribution in [0.15, 0.2) is 27.1 Å². The van der Waals surface area contributed by atoms with Crippen LogP contribution in [-0.4, -0.2) is 8.32 Å². The Morgan fingerprint density at radius 3 is 2.50 bits per heavy atom. The number of halogens is 2. The number of hydrogen-bond donors (Lipinski definition) is 0. The van der Waals surface area contributed by atoms with E-state index < -0.39 is 8.32 Å². The third-order valence-corrected chi connectivity index (χ3v) is 9.04.